The topological polar surface area (TPSA) is 69.7 Å². The van der Waals surface area contributed by atoms with Crippen molar-refractivity contribution in [2.24, 2.45) is 5.92 Å². The van der Waals surface area contributed by atoms with Crippen molar-refractivity contribution >= 4 is 18.2 Å². The summed E-state index contributed by atoms with van der Waals surface area (Å²) in [6.45, 7) is 3.09. The fourth-order valence-electron chi connectivity index (χ4n) is 4.61. The number of amides is 3. The molecule has 0 aromatic carbocycles. The van der Waals surface area contributed by atoms with Crippen LogP contribution in [-0.2, 0) is 9.59 Å². The number of aldehydes is 1. The Labute approximate surface area is 137 Å². The molecule has 2 saturated heterocycles. The molecule has 3 amide bonds. The highest BCUT2D eigenvalue weighted by atomic mass is 16.2. The van der Waals surface area contributed by atoms with E-state index < -0.39 is 6.04 Å². The highest BCUT2D eigenvalue weighted by Gasteiger charge is 2.49. The summed E-state index contributed by atoms with van der Waals surface area (Å²) < 4.78 is 0. The highest BCUT2D eigenvalue weighted by Crippen LogP contribution is 2.40. The Hall–Kier alpha value is -1.59. The minimum atomic E-state index is -0.393. The lowest BCUT2D eigenvalue weighted by Gasteiger charge is -2.35. The van der Waals surface area contributed by atoms with E-state index >= 15 is 0 Å². The van der Waals surface area contributed by atoms with Gasteiger partial charge in [-0.15, -0.1) is 0 Å². The van der Waals surface area contributed by atoms with E-state index in [1.54, 1.807) is 9.80 Å². The molecule has 0 radical (unpaired) electrons. The van der Waals surface area contributed by atoms with Gasteiger partial charge in [-0.1, -0.05) is 12.8 Å². The fourth-order valence-corrected chi connectivity index (χ4v) is 4.61. The van der Waals surface area contributed by atoms with Gasteiger partial charge in [0.1, 0.15) is 12.3 Å². The van der Waals surface area contributed by atoms with Gasteiger partial charge in [0.05, 0.1) is 6.04 Å². The van der Waals surface area contributed by atoms with Crippen LogP contribution in [-0.4, -0.2) is 59.2 Å². The Morgan fingerprint density at radius 3 is 2.70 bits per heavy atom. The van der Waals surface area contributed by atoms with Crippen LogP contribution >= 0.6 is 0 Å². The van der Waals surface area contributed by atoms with Crippen molar-refractivity contribution in [3.05, 3.63) is 0 Å². The number of nitrogens with one attached hydrogen (secondary N) is 1. The van der Waals surface area contributed by atoms with Gasteiger partial charge in [-0.05, 0) is 44.9 Å². The van der Waals surface area contributed by atoms with E-state index in [1.165, 1.54) is 6.42 Å². The summed E-state index contributed by atoms with van der Waals surface area (Å²) in [7, 11) is 0. The molecule has 6 nitrogen and oxygen atoms in total. The molecule has 0 aromatic rings. The quantitative estimate of drug-likeness (QED) is 0.802. The Kier molecular flexibility index (Phi) is 4.87. The highest BCUT2D eigenvalue weighted by molar-refractivity contribution is 5.90. The molecule has 23 heavy (non-hydrogen) atoms. The molecule has 1 aliphatic carbocycles. The van der Waals surface area contributed by atoms with E-state index in [-0.39, 0.29) is 24.0 Å². The second-order valence-corrected chi connectivity index (χ2v) is 6.98. The molecule has 1 N–H and O–H groups in total. The molecule has 2 aliphatic heterocycles. The summed E-state index contributed by atoms with van der Waals surface area (Å²) in [6, 6.07) is -0.639. The number of fused-ring (bicyclic) bond motifs is 1. The zero-order valence-corrected chi connectivity index (χ0v) is 13.9. The van der Waals surface area contributed by atoms with Gasteiger partial charge in [-0.2, -0.15) is 0 Å². The smallest absolute Gasteiger partial charge is 0.318 e. The van der Waals surface area contributed by atoms with E-state index in [0.29, 0.717) is 19.0 Å². The summed E-state index contributed by atoms with van der Waals surface area (Å²) in [6.07, 6.45) is 7.65. The maximum Gasteiger partial charge on any atom is 0.318 e. The van der Waals surface area contributed by atoms with Gasteiger partial charge in [-0.3, -0.25) is 4.79 Å². The van der Waals surface area contributed by atoms with Gasteiger partial charge in [0.15, 0.2) is 0 Å². The number of rotatable bonds is 3. The first-order valence-electron chi connectivity index (χ1n) is 8.99. The van der Waals surface area contributed by atoms with Crippen molar-refractivity contribution in [2.75, 3.05) is 13.1 Å². The number of hydrogen-bond donors (Lipinski definition) is 1. The molecule has 1 saturated carbocycles. The molecule has 4 atom stereocenters. The largest absolute Gasteiger partial charge is 0.338 e. The van der Waals surface area contributed by atoms with Crippen LogP contribution in [0.4, 0.5) is 4.79 Å². The van der Waals surface area contributed by atoms with E-state index in [1.807, 2.05) is 6.92 Å². The summed E-state index contributed by atoms with van der Waals surface area (Å²) in [5.74, 6) is 0.401. The average Bonchev–Trinajstić information content (AvgIpc) is 3.18. The molecule has 6 heteroatoms. The predicted molar refractivity (Wildman–Crippen MR) is 85.9 cm³/mol. The molecule has 2 unspecified atom stereocenters. The minimum absolute atomic E-state index is 0.0275. The molecule has 128 valence electrons. The van der Waals surface area contributed by atoms with E-state index in [2.05, 4.69) is 5.32 Å². The van der Waals surface area contributed by atoms with Gasteiger partial charge < -0.3 is 19.9 Å². The number of hydrogen-bond acceptors (Lipinski definition) is 3. The predicted octanol–water partition coefficient (Wildman–Crippen LogP) is 1.54. The zero-order chi connectivity index (χ0) is 16.4. The summed E-state index contributed by atoms with van der Waals surface area (Å²) in [4.78, 5) is 40.3. The molecule has 3 aliphatic rings. The summed E-state index contributed by atoms with van der Waals surface area (Å²) >= 11 is 0. The number of likely N-dealkylation sites (tertiary alicyclic amines) is 2. The standard InChI is InChI=1S/C17H27N3O3/c1-2-18-17(23)20-14-8-4-3-6-12(14)10-15(20)16(22)19-9-5-7-13(19)11-21/h11-15H,2-10H2,1H3,(H,18,23)/t12?,13-,14?,15-/m0/s1. The first-order chi connectivity index (χ1) is 11.2. The molecule has 3 rings (SSSR count). The summed E-state index contributed by atoms with van der Waals surface area (Å²) in [5, 5.41) is 2.87. The molecule has 3 fully saturated rings. The van der Waals surface area contributed by atoms with Crippen LogP contribution in [0.5, 0.6) is 0 Å². The molecular weight excluding hydrogens is 294 g/mol. The number of nitrogens with zero attached hydrogens (tertiary/aromatic N) is 2. The third-order valence-electron chi connectivity index (χ3n) is 5.68. The lowest BCUT2D eigenvalue weighted by Crippen LogP contribution is -2.54. The second kappa shape index (κ2) is 6.89. The third kappa shape index (κ3) is 2.95. The van der Waals surface area contributed by atoms with Crippen molar-refractivity contribution in [1.82, 2.24) is 15.1 Å². The SMILES string of the molecule is CCNC(=O)N1C2CCCCC2C[C@H]1C(=O)N1CCC[C@H]1C=O. The van der Waals surface area contributed by atoms with Crippen LogP contribution in [0.1, 0.15) is 51.9 Å². The van der Waals surface area contributed by atoms with Crippen LogP contribution < -0.4 is 5.32 Å². The van der Waals surface area contributed by atoms with E-state index in [9.17, 15) is 14.4 Å². The fraction of sp³-hybridized carbons (Fsp3) is 0.824. The van der Waals surface area contributed by atoms with Gasteiger partial charge in [0.2, 0.25) is 5.91 Å². The summed E-state index contributed by atoms with van der Waals surface area (Å²) in [5.41, 5.74) is 0. The normalized spacial score (nSPS) is 33.4. The average molecular weight is 321 g/mol. The number of carbonyl (C=O) groups is 3. The monoisotopic (exact) mass is 321 g/mol. The van der Waals surface area contributed by atoms with Crippen LogP contribution in [0.3, 0.4) is 0 Å². The Balaban J connectivity index is 1.81. The number of urea groups is 1. The molecular formula is C17H27N3O3. The first kappa shape index (κ1) is 16.3. The van der Waals surface area contributed by atoms with Crippen LogP contribution in [0.25, 0.3) is 0 Å². The van der Waals surface area contributed by atoms with Gasteiger partial charge in [0.25, 0.3) is 0 Å². The zero-order valence-electron chi connectivity index (χ0n) is 13.9. The van der Waals surface area contributed by atoms with Crippen molar-refractivity contribution in [3.63, 3.8) is 0 Å². The van der Waals surface area contributed by atoms with Crippen LogP contribution in [0, 0.1) is 5.92 Å². The van der Waals surface area contributed by atoms with Crippen LogP contribution in [0.15, 0.2) is 0 Å². The Morgan fingerprint density at radius 2 is 1.96 bits per heavy atom. The molecule has 0 aromatic heterocycles. The lowest BCUT2D eigenvalue weighted by molar-refractivity contribution is -0.138. The van der Waals surface area contributed by atoms with E-state index in [4.69, 9.17) is 0 Å². The van der Waals surface area contributed by atoms with Crippen molar-refractivity contribution in [2.45, 2.75) is 70.0 Å². The van der Waals surface area contributed by atoms with Crippen molar-refractivity contribution < 1.29 is 14.4 Å². The van der Waals surface area contributed by atoms with Crippen molar-refractivity contribution in [1.29, 1.82) is 0 Å². The lowest BCUT2D eigenvalue weighted by atomic mass is 9.84. The third-order valence-corrected chi connectivity index (χ3v) is 5.68. The second-order valence-electron chi connectivity index (χ2n) is 6.98. The van der Waals surface area contributed by atoms with Gasteiger partial charge in [0, 0.05) is 19.1 Å². The Bertz CT molecular complexity index is 482. The molecule has 0 bridgehead atoms. The molecule has 0 spiro atoms. The van der Waals surface area contributed by atoms with Crippen molar-refractivity contribution in [3.8, 4) is 0 Å². The molecule has 2 heterocycles. The van der Waals surface area contributed by atoms with E-state index in [0.717, 1.165) is 44.8 Å². The van der Waals surface area contributed by atoms with Crippen LogP contribution in [0.2, 0.25) is 0 Å². The maximum absolute atomic E-state index is 13.0. The minimum Gasteiger partial charge on any atom is -0.338 e. The number of carbonyl (C=O) groups excluding carboxylic acids is 3. The first-order valence-corrected chi connectivity index (χ1v) is 8.99. The Morgan fingerprint density at radius 1 is 1.17 bits per heavy atom. The van der Waals surface area contributed by atoms with Gasteiger partial charge in [-0.25, -0.2) is 4.79 Å². The van der Waals surface area contributed by atoms with Gasteiger partial charge >= 0.3 is 6.03 Å². The maximum atomic E-state index is 13.0.